The smallest absolute Gasteiger partial charge is 0.335 e. The van der Waals surface area contributed by atoms with Crippen molar-refractivity contribution >= 4 is 23.9 Å². The summed E-state index contributed by atoms with van der Waals surface area (Å²) in [5.41, 5.74) is 0. The van der Waals surface area contributed by atoms with E-state index in [9.17, 15) is 85.6 Å². The van der Waals surface area contributed by atoms with Crippen LogP contribution in [0.5, 0.6) is 0 Å². The second-order valence-corrected chi connectivity index (χ2v) is 11.5. The van der Waals surface area contributed by atoms with Gasteiger partial charge in [-0.15, -0.1) is 0 Å². The van der Waals surface area contributed by atoms with E-state index in [2.05, 4.69) is 4.74 Å². The summed E-state index contributed by atoms with van der Waals surface area (Å²) in [7, 11) is 0.994. The summed E-state index contributed by atoms with van der Waals surface area (Å²) in [6, 6.07) is 0. The number of rotatable bonds is 11. The van der Waals surface area contributed by atoms with Crippen LogP contribution in [0.3, 0.4) is 0 Å². The van der Waals surface area contributed by atoms with Gasteiger partial charge >= 0.3 is 23.9 Å². The highest BCUT2D eigenvalue weighted by atomic mass is 16.8. The third-order valence-electron chi connectivity index (χ3n) is 8.32. The maximum absolute atomic E-state index is 12.1. The highest BCUT2D eigenvalue weighted by Crippen LogP contribution is 2.34. The quantitative estimate of drug-likeness (QED) is 0.0936. The number of aliphatic hydroxyl groups is 9. The van der Waals surface area contributed by atoms with Crippen LogP contribution in [0.1, 0.15) is 0 Å². The molecule has 4 aliphatic heterocycles. The molecule has 7 unspecified atom stereocenters. The molecule has 4 rings (SSSR count). The van der Waals surface area contributed by atoms with Crippen molar-refractivity contribution in [2.24, 2.45) is 0 Å². The lowest BCUT2D eigenvalue weighted by Gasteiger charge is -2.47. The minimum absolute atomic E-state index is 0.994. The molecular weight excluding hydrogens is 700 g/mol. The van der Waals surface area contributed by atoms with Gasteiger partial charge in [0.1, 0.15) is 73.2 Å². The molecule has 4 saturated heterocycles. The van der Waals surface area contributed by atoms with Gasteiger partial charge in [0, 0.05) is 7.11 Å². The first-order valence-electron chi connectivity index (χ1n) is 14.5. The van der Waals surface area contributed by atoms with E-state index in [0.29, 0.717) is 0 Å². The summed E-state index contributed by atoms with van der Waals surface area (Å²) < 4.78 is 40.6. The van der Waals surface area contributed by atoms with Gasteiger partial charge in [0.05, 0.1) is 0 Å². The zero-order valence-electron chi connectivity index (χ0n) is 25.3. The zero-order chi connectivity index (χ0) is 37.5. The fraction of sp³-hybridized carbons (Fsp3) is 0.840. The molecule has 0 aromatic heterocycles. The maximum Gasteiger partial charge on any atom is 0.335 e. The minimum Gasteiger partial charge on any atom is -0.479 e. The number of carboxylic acid groups (broad SMARTS) is 4. The second-order valence-electron chi connectivity index (χ2n) is 11.5. The molecule has 13 N–H and O–H groups in total. The van der Waals surface area contributed by atoms with Crippen molar-refractivity contribution in [2.45, 2.75) is 123 Å². The number of methoxy groups -OCH3 is 1. The van der Waals surface area contributed by atoms with E-state index in [0.717, 1.165) is 7.11 Å². The van der Waals surface area contributed by atoms with E-state index in [-0.39, 0.29) is 0 Å². The normalized spacial score (nSPS) is 48.4. The molecule has 50 heavy (non-hydrogen) atoms. The summed E-state index contributed by atoms with van der Waals surface area (Å²) in [6.07, 6.45) is -44.4. The number of carbonyl (C=O) groups is 4. The average Bonchev–Trinajstić information content (AvgIpc) is 3.05. The Morgan fingerprint density at radius 1 is 0.400 bits per heavy atom. The minimum atomic E-state index is -2.42. The first kappa shape index (κ1) is 40.0. The standard InChI is InChI=1S/C25H36O25/c1-43-10-3(27)7(31)23(48-14(10)18(34)35)46-12-5(29)9(33)25(50-16(12)20(38)39)47-13-4(28)8(32)24(49-17(13)21(40)41)45-11-2(26)6(30)22(42)44-15(11)19(36)37/h2-17,22-33,42H,1H3,(H,34,35)(H,36,37)(H,38,39)(H,40,41)/t2?,3-,4+,5?,6+,7?,8?,9?,10-,11-,12-,13-,14?,15+,16+,17?,22+,23+,24+,25+/m0/s1. The predicted molar refractivity (Wildman–Crippen MR) is 141 cm³/mol. The van der Waals surface area contributed by atoms with Crippen molar-refractivity contribution in [1.82, 2.24) is 0 Å². The highest BCUT2D eigenvalue weighted by molar-refractivity contribution is 5.75. The molecule has 4 aliphatic rings. The Labute approximate surface area is 277 Å². The van der Waals surface area contributed by atoms with Crippen molar-refractivity contribution in [3.05, 3.63) is 0 Å². The van der Waals surface area contributed by atoms with E-state index >= 15 is 0 Å². The Morgan fingerprint density at radius 2 is 0.660 bits per heavy atom. The Morgan fingerprint density at radius 3 is 0.960 bits per heavy atom. The molecule has 4 fully saturated rings. The van der Waals surface area contributed by atoms with Gasteiger partial charge in [-0.3, -0.25) is 0 Å². The van der Waals surface area contributed by atoms with Gasteiger partial charge in [-0.05, 0) is 0 Å². The largest absolute Gasteiger partial charge is 0.479 e. The van der Waals surface area contributed by atoms with E-state index in [4.69, 9.17) is 33.2 Å². The molecule has 286 valence electrons. The number of aliphatic hydroxyl groups excluding tert-OH is 9. The fourth-order valence-electron chi connectivity index (χ4n) is 5.68. The van der Waals surface area contributed by atoms with Crippen molar-refractivity contribution in [2.75, 3.05) is 7.11 Å². The molecule has 0 saturated carbocycles. The number of carboxylic acids is 4. The molecule has 0 aliphatic carbocycles. The van der Waals surface area contributed by atoms with Crippen LogP contribution in [0.15, 0.2) is 0 Å². The lowest BCUT2D eigenvalue weighted by Crippen LogP contribution is -2.68. The lowest BCUT2D eigenvalue weighted by molar-refractivity contribution is -0.378. The third kappa shape index (κ3) is 7.68. The average molecular weight is 737 g/mol. The Hall–Kier alpha value is -2.80. The van der Waals surface area contributed by atoms with Crippen molar-refractivity contribution in [1.29, 1.82) is 0 Å². The van der Waals surface area contributed by atoms with Crippen LogP contribution in [0.2, 0.25) is 0 Å². The molecule has 0 amide bonds. The van der Waals surface area contributed by atoms with Crippen LogP contribution in [-0.4, -0.2) is 220 Å². The number of hydrogen-bond acceptors (Lipinski definition) is 21. The SMILES string of the molecule is CO[C@@H]1C(C(=O)O)O[C@@H](O[C@H]2C(O)C(O)[C@H](O[C@@H]3C(C(=O)O)O[C@@H](O[C@H]4C(O)[C@@H](O)[C@H](O)O[C@H]4C(=O)O)C(O)[C@H]3O)O[C@H]2C(=O)O)C(O)[C@@H]1O. The second kappa shape index (κ2) is 15.8. The first-order valence-corrected chi connectivity index (χ1v) is 14.5. The lowest BCUT2D eigenvalue weighted by atomic mass is 9.95. The van der Waals surface area contributed by atoms with Crippen LogP contribution < -0.4 is 0 Å². The molecule has 0 bridgehead atoms. The van der Waals surface area contributed by atoms with Gasteiger partial charge < -0.3 is 104 Å². The third-order valence-corrected chi connectivity index (χ3v) is 8.32. The number of ether oxygens (including phenoxy) is 8. The topological polar surface area (TPSA) is 405 Å². The van der Waals surface area contributed by atoms with Gasteiger partial charge in [0.2, 0.25) is 0 Å². The van der Waals surface area contributed by atoms with E-state index in [1.54, 1.807) is 0 Å². The summed E-state index contributed by atoms with van der Waals surface area (Å²) in [5.74, 6) is -7.45. The summed E-state index contributed by atoms with van der Waals surface area (Å²) in [6.45, 7) is 0. The van der Waals surface area contributed by atoms with Crippen molar-refractivity contribution in [3.63, 3.8) is 0 Å². The van der Waals surface area contributed by atoms with Crippen LogP contribution in [0, 0.1) is 0 Å². The van der Waals surface area contributed by atoms with Gasteiger partial charge in [-0.1, -0.05) is 0 Å². The monoisotopic (exact) mass is 736 g/mol. The van der Waals surface area contributed by atoms with Crippen molar-refractivity contribution in [3.8, 4) is 0 Å². The summed E-state index contributed by atoms with van der Waals surface area (Å²) in [5, 5.41) is 132. The van der Waals surface area contributed by atoms with Gasteiger partial charge in [0.25, 0.3) is 0 Å². The van der Waals surface area contributed by atoms with E-state index in [1.807, 2.05) is 0 Å². The zero-order valence-corrected chi connectivity index (χ0v) is 25.3. The van der Waals surface area contributed by atoms with E-state index in [1.165, 1.54) is 0 Å². The Bertz CT molecular complexity index is 1230. The van der Waals surface area contributed by atoms with Crippen LogP contribution >= 0.6 is 0 Å². The molecule has 0 aromatic rings. The first-order chi connectivity index (χ1) is 23.3. The summed E-state index contributed by atoms with van der Waals surface area (Å²) in [4.78, 5) is 47.5. The Kier molecular flexibility index (Phi) is 12.7. The van der Waals surface area contributed by atoms with Gasteiger partial charge in [0.15, 0.2) is 49.6 Å². The predicted octanol–water partition coefficient (Wildman–Crippen LogP) is -8.73. The van der Waals surface area contributed by atoms with Crippen LogP contribution in [0.25, 0.3) is 0 Å². The number of hydrogen-bond donors (Lipinski definition) is 13. The molecule has 25 heteroatoms. The molecular formula is C25H36O25. The molecule has 0 aromatic carbocycles. The molecule has 0 spiro atoms. The molecule has 4 heterocycles. The fourth-order valence-corrected chi connectivity index (χ4v) is 5.68. The highest BCUT2D eigenvalue weighted by Gasteiger charge is 2.58. The molecule has 25 nitrogen and oxygen atoms in total. The number of aliphatic carboxylic acids is 4. The van der Waals surface area contributed by atoms with Crippen molar-refractivity contribution < 1.29 is 123 Å². The Balaban J connectivity index is 1.51. The maximum atomic E-state index is 12.1. The molecule has 20 atom stereocenters. The van der Waals surface area contributed by atoms with Gasteiger partial charge in [-0.25, -0.2) is 19.2 Å². The van der Waals surface area contributed by atoms with Crippen LogP contribution in [0.4, 0.5) is 0 Å². The summed E-state index contributed by atoms with van der Waals surface area (Å²) >= 11 is 0. The van der Waals surface area contributed by atoms with Gasteiger partial charge in [-0.2, -0.15) is 0 Å². The van der Waals surface area contributed by atoms with E-state index < -0.39 is 147 Å². The van der Waals surface area contributed by atoms with Crippen LogP contribution in [-0.2, 0) is 57.1 Å². The molecule has 0 radical (unpaired) electrons.